The Morgan fingerprint density at radius 2 is 1.70 bits per heavy atom. The third-order valence-corrected chi connectivity index (χ3v) is 2.93. The van der Waals surface area contributed by atoms with Gasteiger partial charge in [-0.2, -0.15) is 10.2 Å². The van der Waals surface area contributed by atoms with Crippen LogP contribution in [0, 0.1) is 12.7 Å². The van der Waals surface area contributed by atoms with Crippen LogP contribution >= 0.6 is 0 Å². The van der Waals surface area contributed by atoms with E-state index in [1.807, 2.05) is 0 Å². The van der Waals surface area contributed by atoms with Crippen LogP contribution in [0.2, 0.25) is 0 Å². The minimum atomic E-state index is -0.509. The molecule has 0 radical (unpaired) electrons. The lowest BCUT2D eigenvalue weighted by atomic mass is 10.1. The summed E-state index contributed by atoms with van der Waals surface area (Å²) in [6, 6.07) is 11.5. The maximum atomic E-state index is 13.1. The van der Waals surface area contributed by atoms with E-state index < -0.39 is 5.97 Å². The summed E-state index contributed by atoms with van der Waals surface area (Å²) in [5, 5.41) is 7.84. The van der Waals surface area contributed by atoms with Gasteiger partial charge in [0, 0.05) is 6.08 Å². The normalized spacial score (nSPS) is 11.0. The van der Waals surface area contributed by atoms with Gasteiger partial charge in [-0.05, 0) is 60.0 Å². The molecule has 0 atom stereocenters. The van der Waals surface area contributed by atoms with E-state index in [1.54, 1.807) is 55.8 Å². The Balaban J connectivity index is 1.97. The number of nitrogens with zero attached hydrogens (tertiary/aromatic N) is 2. The van der Waals surface area contributed by atoms with Gasteiger partial charge in [-0.3, -0.25) is 0 Å². The SMILES string of the molecule is C=CC(=O)Oc1ccc(C=NN=Cc2ccc(F)c(C)c2)cc1. The highest BCUT2D eigenvalue weighted by Crippen LogP contribution is 2.11. The fraction of sp³-hybridized carbons (Fsp3) is 0.0556. The summed E-state index contributed by atoms with van der Waals surface area (Å²) < 4.78 is 18.1. The Morgan fingerprint density at radius 3 is 2.30 bits per heavy atom. The smallest absolute Gasteiger partial charge is 0.335 e. The van der Waals surface area contributed by atoms with E-state index in [1.165, 1.54) is 6.07 Å². The van der Waals surface area contributed by atoms with Crippen LogP contribution in [0.3, 0.4) is 0 Å². The second-order valence-corrected chi connectivity index (χ2v) is 4.69. The predicted octanol–water partition coefficient (Wildman–Crippen LogP) is 3.68. The van der Waals surface area contributed by atoms with Gasteiger partial charge in [-0.25, -0.2) is 9.18 Å². The van der Waals surface area contributed by atoms with Crippen LogP contribution in [0.25, 0.3) is 0 Å². The van der Waals surface area contributed by atoms with Crippen molar-refractivity contribution >= 4 is 18.4 Å². The second-order valence-electron chi connectivity index (χ2n) is 4.69. The zero-order valence-corrected chi connectivity index (χ0v) is 12.6. The largest absolute Gasteiger partial charge is 0.423 e. The van der Waals surface area contributed by atoms with Crippen molar-refractivity contribution in [2.24, 2.45) is 10.2 Å². The average Bonchev–Trinajstić information content (AvgIpc) is 2.56. The maximum Gasteiger partial charge on any atom is 0.335 e. The van der Waals surface area contributed by atoms with Gasteiger partial charge in [-0.15, -0.1) is 0 Å². The van der Waals surface area contributed by atoms with E-state index >= 15 is 0 Å². The highest BCUT2D eigenvalue weighted by molar-refractivity contribution is 5.84. The minimum Gasteiger partial charge on any atom is -0.423 e. The lowest BCUT2D eigenvalue weighted by molar-refractivity contribution is -0.128. The van der Waals surface area contributed by atoms with Gasteiger partial charge in [0.15, 0.2) is 0 Å². The fourth-order valence-corrected chi connectivity index (χ4v) is 1.73. The molecular weight excluding hydrogens is 295 g/mol. The summed E-state index contributed by atoms with van der Waals surface area (Å²) in [4.78, 5) is 11.0. The third-order valence-electron chi connectivity index (χ3n) is 2.93. The highest BCUT2D eigenvalue weighted by atomic mass is 19.1. The standard InChI is InChI=1S/C18H15FN2O2/c1-3-18(22)23-16-7-4-14(5-8-16)11-20-21-12-15-6-9-17(19)13(2)10-15/h3-12H,1H2,2H3. The summed E-state index contributed by atoms with van der Waals surface area (Å²) in [6.45, 7) is 5.02. The van der Waals surface area contributed by atoms with Crippen molar-refractivity contribution < 1.29 is 13.9 Å². The monoisotopic (exact) mass is 310 g/mol. The van der Waals surface area contributed by atoms with Gasteiger partial charge in [-0.1, -0.05) is 12.6 Å². The molecule has 2 aromatic carbocycles. The molecule has 23 heavy (non-hydrogen) atoms. The molecular formula is C18H15FN2O2. The van der Waals surface area contributed by atoms with Crippen LogP contribution in [-0.4, -0.2) is 18.4 Å². The van der Waals surface area contributed by atoms with Crippen molar-refractivity contribution in [1.29, 1.82) is 0 Å². The van der Waals surface area contributed by atoms with Crippen LogP contribution in [0.15, 0.2) is 65.3 Å². The Bertz CT molecular complexity index is 765. The lowest BCUT2D eigenvalue weighted by Gasteiger charge is -2.00. The Kier molecular flexibility index (Phi) is 5.52. The van der Waals surface area contributed by atoms with Crippen LogP contribution < -0.4 is 4.74 Å². The number of carbonyl (C=O) groups excluding carboxylic acids is 1. The summed E-state index contributed by atoms with van der Waals surface area (Å²) in [5.41, 5.74) is 2.13. The van der Waals surface area contributed by atoms with Crippen LogP contribution in [0.4, 0.5) is 4.39 Å². The van der Waals surface area contributed by atoms with Gasteiger partial charge >= 0.3 is 5.97 Å². The van der Waals surface area contributed by atoms with E-state index in [0.717, 1.165) is 17.2 Å². The molecule has 0 aliphatic rings. The number of carbonyl (C=O) groups is 1. The number of rotatable bonds is 5. The summed E-state index contributed by atoms with van der Waals surface area (Å²) in [7, 11) is 0. The van der Waals surface area contributed by atoms with Crippen molar-refractivity contribution in [2.45, 2.75) is 6.92 Å². The van der Waals surface area contributed by atoms with Gasteiger partial charge in [0.2, 0.25) is 0 Å². The first-order valence-electron chi connectivity index (χ1n) is 6.85. The zero-order chi connectivity index (χ0) is 16.7. The summed E-state index contributed by atoms with van der Waals surface area (Å²) >= 11 is 0. The van der Waals surface area contributed by atoms with E-state index in [9.17, 15) is 9.18 Å². The molecule has 0 aliphatic heterocycles. The summed E-state index contributed by atoms with van der Waals surface area (Å²) in [5.74, 6) is -0.328. The molecule has 5 heteroatoms. The minimum absolute atomic E-state index is 0.247. The van der Waals surface area contributed by atoms with E-state index in [2.05, 4.69) is 16.8 Å². The number of benzene rings is 2. The molecule has 0 aromatic heterocycles. The van der Waals surface area contributed by atoms with Crippen LogP contribution in [0.5, 0.6) is 5.75 Å². The molecule has 0 aliphatic carbocycles. The molecule has 0 saturated heterocycles. The fourth-order valence-electron chi connectivity index (χ4n) is 1.73. The molecule has 0 unspecified atom stereocenters. The molecule has 4 nitrogen and oxygen atoms in total. The molecule has 0 amide bonds. The molecule has 2 aromatic rings. The number of hydrogen-bond acceptors (Lipinski definition) is 4. The number of aryl methyl sites for hydroxylation is 1. The molecule has 0 spiro atoms. The lowest BCUT2D eigenvalue weighted by Crippen LogP contribution is -2.02. The first-order valence-corrected chi connectivity index (χ1v) is 6.85. The van der Waals surface area contributed by atoms with E-state index in [0.29, 0.717) is 11.3 Å². The average molecular weight is 310 g/mol. The van der Waals surface area contributed by atoms with E-state index in [4.69, 9.17) is 4.74 Å². The molecule has 0 N–H and O–H groups in total. The van der Waals surface area contributed by atoms with Gasteiger partial charge in [0.05, 0.1) is 12.4 Å². The van der Waals surface area contributed by atoms with Gasteiger partial charge in [0.25, 0.3) is 0 Å². The molecule has 0 fully saturated rings. The maximum absolute atomic E-state index is 13.1. The number of esters is 1. The third kappa shape index (κ3) is 5.00. The number of halogens is 1. The van der Waals surface area contributed by atoms with Crippen molar-refractivity contribution in [2.75, 3.05) is 0 Å². The molecule has 0 bridgehead atoms. The molecule has 2 rings (SSSR count). The van der Waals surface area contributed by atoms with Crippen molar-refractivity contribution in [3.63, 3.8) is 0 Å². The van der Waals surface area contributed by atoms with Crippen molar-refractivity contribution in [3.8, 4) is 5.75 Å². The number of hydrogen-bond donors (Lipinski definition) is 0. The van der Waals surface area contributed by atoms with Crippen LogP contribution in [-0.2, 0) is 4.79 Å². The van der Waals surface area contributed by atoms with Crippen molar-refractivity contribution in [3.05, 3.63) is 77.6 Å². The van der Waals surface area contributed by atoms with Gasteiger partial charge < -0.3 is 4.74 Å². The molecule has 116 valence electrons. The number of ether oxygens (including phenoxy) is 1. The highest BCUT2D eigenvalue weighted by Gasteiger charge is 1.99. The molecule has 0 saturated carbocycles. The Hall–Kier alpha value is -3.08. The zero-order valence-electron chi connectivity index (χ0n) is 12.6. The van der Waals surface area contributed by atoms with Crippen molar-refractivity contribution in [1.82, 2.24) is 0 Å². The first kappa shape index (κ1) is 16.3. The van der Waals surface area contributed by atoms with Gasteiger partial charge in [0.1, 0.15) is 11.6 Å². The quantitative estimate of drug-likeness (QED) is 0.278. The first-order chi connectivity index (χ1) is 11.1. The Morgan fingerprint density at radius 1 is 1.09 bits per heavy atom. The predicted molar refractivity (Wildman–Crippen MR) is 88.6 cm³/mol. The summed E-state index contributed by atoms with van der Waals surface area (Å²) in [6.07, 6.45) is 4.20. The molecule has 0 heterocycles. The topological polar surface area (TPSA) is 51.0 Å². The van der Waals surface area contributed by atoms with Crippen LogP contribution in [0.1, 0.15) is 16.7 Å². The van der Waals surface area contributed by atoms with E-state index in [-0.39, 0.29) is 5.82 Å². The second kappa shape index (κ2) is 7.79. The Labute approximate surface area is 133 Å².